The Morgan fingerprint density at radius 1 is 1.19 bits per heavy atom. The first kappa shape index (κ1) is 24.3. The molecule has 2 heterocycles. The van der Waals surface area contributed by atoms with E-state index in [4.69, 9.17) is 26.8 Å². The lowest BCUT2D eigenvalue weighted by Gasteiger charge is -2.35. The fourth-order valence-electron chi connectivity index (χ4n) is 3.30. The van der Waals surface area contributed by atoms with Crippen molar-refractivity contribution < 1.29 is 14.3 Å². The minimum atomic E-state index is -0.302. The van der Waals surface area contributed by atoms with Crippen molar-refractivity contribution in [1.82, 2.24) is 9.80 Å². The van der Waals surface area contributed by atoms with Gasteiger partial charge in [-0.15, -0.1) is 24.8 Å². The number of benzene rings is 1. The number of rotatable bonds is 6. The third-order valence-corrected chi connectivity index (χ3v) is 5.14. The molecule has 2 aliphatic heterocycles. The van der Waals surface area contributed by atoms with Crippen LogP contribution in [0.4, 0.5) is 0 Å². The number of ether oxygens (including phenoxy) is 2. The maximum absolute atomic E-state index is 12.5. The smallest absolute Gasteiger partial charge is 0.251 e. The van der Waals surface area contributed by atoms with Crippen LogP contribution in [0.25, 0.3) is 0 Å². The summed E-state index contributed by atoms with van der Waals surface area (Å²) in [7, 11) is 0. The predicted octanol–water partition coefficient (Wildman–Crippen LogP) is 2.21. The molecule has 0 aliphatic carbocycles. The summed E-state index contributed by atoms with van der Waals surface area (Å²) in [6.45, 7) is 5.07. The largest absolute Gasteiger partial charge is 0.491 e. The van der Waals surface area contributed by atoms with Crippen LogP contribution >= 0.6 is 36.4 Å². The van der Waals surface area contributed by atoms with E-state index in [0.29, 0.717) is 23.9 Å². The molecule has 0 unspecified atom stereocenters. The molecule has 1 amide bonds. The van der Waals surface area contributed by atoms with Gasteiger partial charge in [-0.2, -0.15) is 0 Å². The van der Waals surface area contributed by atoms with Gasteiger partial charge in [0.25, 0.3) is 5.91 Å². The summed E-state index contributed by atoms with van der Waals surface area (Å²) in [4.78, 5) is 16.7. The molecule has 0 spiro atoms. The molecule has 0 aromatic heterocycles. The molecule has 0 bridgehead atoms. The summed E-state index contributed by atoms with van der Waals surface area (Å²) < 4.78 is 11.4. The Kier molecular flexibility index (Phi) is 10.7. The molecule has 2 saturated heterocycles. The standard InChI is InChI=1S/C18H26ClN3O3.2ClH/c19-15-3-1-2-4-16(15)24-12-11-21-7-9-22(10-8-21)18(23)17-6-5-14(13-20)25-17;;/h1-4,14,17H,5-13,20H2;2*1H/t14-,17+;;/m1../s1. The number of para-hydroxylation sites is 1. The molecule has 2 atom stereocenters. The second-order valence-corrected chi connectivity index (χ2v) is 6.91. The molecule has 1 aromatic rings. The van der Waals surface area contributed by atoms with Crippen molar-refractivity contribution in [2.75, 3.05) is 45.9 Å². The van der Waals surface area contributed by atoms with Crippen molar-refractivity contribution in [1.29, 1.82) is 0 Å². The minimum absolute atomic E-state index is 0. The van der Waals surface area contributed by atoms with Crippen LogP contribution in [0.15, 0.2) is 24.3 Å². The third-order valence-electron chi connectivity index (χ3n) is 4.83. The normalized spacial score (nSPS) is 22.7. The van der Waals surface area contributed by atoms with Crippen molar-refractivity contribution in [2.45, 2.75) is 25.0 Å². The number of nitrogens with zero attached hydrogens (tertiary/aromatic N) is 2. The van der Waals surface area contributed by atoms with E-state index in [9.17, 15) is 4.79 Å². The van der Waals surface area contributed by atoms with E-state index in [1.807, 2.05) is 29.2 Å². The SMILES string of the molecule is Cl.Cl.NC[C@H]1CC[C@@H](C(=O)N2CCN(CCOc3ccccc3Cl)CC2)O1. The number of amides is 1. The molecule has 0 radical (unpaired) electrons. The van der Waals surface area contributed by atoms with Crippen LogP contribution in [0, 0.1) is 0 Å². The molecule has 2 N–H and O–H groups in total. The van der Waals surface area contributed by atoms with E-state index in [1.165, 1.54) is 0 Å². The lowest BCUT2D eigenvalue weighted by molar-refractivity contribution is -0.144. The highest BCUT2D eigenvalue weighted by molar-refractivity contribution is 6.32. The number of nitrogens with two attached hydrogens (primary N) is 1. The highest BCUT2D eigenvalue weighted by Gasteiger charge is 2.33. The molecule has 2 aliphatic rings. The maximum Gasteiger partial charge on any atom is 0.251 e. The fraction of sp³-hybridized carbons (Fsp3) is 0.611. The van der Waals surface area contributed by atoms with Gasteiger partial charge in [0.1, 0.15) is 18.5 Å². The number of carbonyl (C=O) groups excluding carboxylic acids is 1. The summed E-state index contributed by atoms with van der Waals surface area (Å²) in [6.07, 6.45) is 1.40. The van der Waals surface area contributed by atoms with Gasteiger partial charge in [-0.3, -0.25) is 9.69 Å². The van der Waals surface area contributed by atoms with E-state index in [2.05, 4.69) is 4.90 Å². The molecular weight excluding hydrogens is 413 g/mol. The zero-order valence-corrected chi connectivity index (χ0v) is 17.6. The topological polar surface area (TPSA) is 68.0 Å². The van der Waals surface area contributed by atoms with Gasteiger partial charge in [0.15, 0.2) is 0 Å². The number of hydrogen-bond acceptors (Lipinski definition) is 5. The van der Waals surface area contributed by atoms with Crippen LogP contribution in [0.5, 0.6) is 5.75 Å². The molecule has 27 heavy (non-hydrogen) atoms. The highest BCUT2D eigenvalue weighted by atomic mass is 35.5. The van der Waals surface area contributed by atoms with Crippen molar-refractivity contribution in [3.63, 3.8) is 0 Å². The average Bonchev–Trinajstić information content (AvgIpc) is 3.12. The summed E-state index contributed by atoms with van der Waals surface area (Å²) in [5.74, 6) is 0.828. The Balaban J connectivity index is 0.00000182. The Morgan fingerprint density at radius 3 is 2.52 bits per heavy atom. The number of halogens is 3. The Bertz CT molecular complexity index is 586. The van der Waals surface area contributed by atoms with Crippen LogP contribution in [-0.2, 0) is 9.53 Å². The van der Waals surface area contributed by atoms with E-state index in [0.717, 1.165) is 45.6 Å². The van der Waals surface area contributed by atoms with Crippen LogP contribution < -0.4 is 10.5 Å². The average molecular weight is 441 g/mol. The Morgan fingerprint density at radius 2 is 1.89 bits per heavy atom. The first-order valence-electron chi connectivity index (χ1n) is 8.91. The van der Waals surface area contributed by atoms with Gasteiger partial charge in [-0.25, -0.2) is 0 Å². The van der Waals surface area contributed by atoms with Gasteiger partial charge in [0.05, 0.1) is 11.1 Å². The van der Waals surface area contributed by atoms with Crippen molar-refractivity contribution in [3.05, 3.63) is 29.3 Å². The van der Waals surface area contributed by atoms with Crippen molar-refractivity contribution >= 4 is 42.3 Å². The van der Waals surface area contributed by atoms with Gasteiger partial charge in [-0.05, 0) is 25.0 Å². The summed E-state index contributed by atoms with van der Waals surface area (Å²) in [5, 5.41) is 0.630. The van der Waals surface area contributed by atoms with Gasteiger partial charge in [0.2, 0.25) is 0 Å². The third kappa shape index (κ3) is 6.66. The van der Waals surface area contributed by atoms with Crippen LogP contribution in [0.1, 0.15) is 12.8 Å². The van der Waals surface area contributed by atoms with E-state index in [1.54, 1.807) is 0 Å². The quantitative estimate of drug-likeness (QED) is 0.734. The molecule has 1 aromatic carbocycles. The predicted molar refractivity (Wildman–Crippen MR) is 111 cm³/mol. The summed E-state index contributed by atoms with van der Waals surface area (Å²) >= 11 is 6.08. The zero-order chi connectivity index (χ0) is 17.6. The number of carbonyl (C=O) groups is 1. The zero-order valence-electron chi connectivity index (χ0n) is 15.2. The van der Waals surface area contributed by atoms with Gasteiger partial charge in [0, 0.05) is 39.3 Å². The van der Waals surface area contributed by atoms with Crippen LogP contribution in [0.3, 0.4) is 0 Å². The van der Waals surface area contributed by atoms with Crippen molar-refractivity contribution in [3.8, 4) is 5.75 Å². The highest BCUT2D eigenvalue weighted by Crippen LogP contribution is 2.23. The minimum Gasteiger partial charge on any atom is -0.491 e. The molecular formula is C18H28Cl3N3O3. The molecule has 2 fully saturated rings. The van der Waals surface area contributed by atoms with Gasteiger partial charge in [-0.1, -0.05) is 23.7 Å². The molecule has 154 valence electrons. The van der Waals surface area contributed by atoms with Gasteiger partial charge >= 0.3 is 0 Å². The lowest BCUT2D eigenvalue weighted by atomic mass is 10.1. The fourth-order valence-corrected chi connectivity index (χ4v) is 3.49. The maximum atomic E-state index is 12.5. The van der Waals surface area contributed by atoms with E-state index in [-0.39, 0.29) is 42.9 Å². The second-order valence-electron chi connectivity index (χ2n) is 6.51. The summed E-state index contributed by atoms with van der Waals surface area (Å²) in [5.41, 5.74) is 5.61. The molecule has 0 saturated carbocycles. The number of piperazine rings is 1. The lowest BCUT2D eigenvalue weighted by Crippen LogP contribution is -2.52. The molecule has 9 heteroatoms. The van der Waals surface area contributed by atoms with E-state index < -0.39 is 0 Å². The van der Waals surface area contributed by atoms with Crippen LogP contribution in [0.2, 0.25) is 5.02 Å². The van der Waals surface area contributed by atoms with Crippen molar-refractivity contribution in [2.24, 2.45) is 5.73 Å². The molecule has 3 rings (SSSR count). The van der Waals surface area contributed by atoms with Crippen LogP contribution in [-0.4, -0.2) is 73.8 Å². The summed E-state index contributed by atoms with van der Waals surface area (Å²) in [6, 6.07) is 7.48. The monoisotopic (exact) mass is 439 g/mol. The second kappa shape index (κ2) is 11.9. The molecule has 6 nitrogen and oxygen atoms in total. The first-order chi connectivity index (χ1) is 12.2. The first-order valence-corrected chi connectivity index (χ1v) is 9.29. The van der Waals surface area contributed by atoms with Gasteiger partial charge < -0.3 is 20.1 Å². The number of hydrogen-bond donors (Lipinski definition) is 1. The Hall–Kier alpha value is -0.760. The van der Waals surface area contributed by atoms with E-state index >= 15 is 0 Å². The Labute approximate surface area is 178 Å².